The van der Waals surface area contributed by atoms with E-state index in [0.717, 1.165) is 44.9 Å². The Morgan fingerprint density at radius 2 is 1.32 bits per heavy atom. The van der Waals surface area contributed by atoms with E-state index in [-0.39, 0.29) is 24.0 Å². The Hall–Kier alpha value is -1.06. The standard InChI is InChI=1S/C27H52O4/c1-7-10-13-14-15-17-20-30-26(29)27(5,6)22-23(4)21-25(28)31-24(18-12-9-3)19-16-11-8-2/h23-24H,7-22H2,1-6H3. The van der Waals surface area contributed by atoms with Crippen LogP contribution < -0.4 is 0 Å². The SMILES string of the molecule is CCCCCCCCOC(=O)C(C)(C)CC(C)CC(=O)OC(CCCC)CCCCC. The van der Waals surface area contributed by atoms with Crippen molar-refractivity contribution in [2.45, 2.75) is 144 Å². The molecule has 4 nitrogen and oxygen atoms in total. The third-order valence-electron chi connectivity index (χ3n) is 5.96. The van der Waals surface area contributed by atoms with E-state index in [1.165, 1.54) is 38.5 Å². The molecule has 0 aliphatic rings. The van der Waals surface area contributed by atoms with E-state index in [1.807, 2.05) is 20.8 Å². The van der Waals surface area contributed by atoms with Gasteiger partial charge in [0, 0.05) is 6.42 Å². The summed E-state index contributed by atoms with van der Waals surface area (Å²) in [4.78, 5) is 25.0. The second kappa shape index (κ2) is 18.5. The molecule has 0 saturated carbocycles. The summed E-state index contributed by atoms with van der Waals surface area (Å²) in [7, 11) is 0. The van der Waals surface area contributed by atoms with Crippen LogP contribution in [0.25, 0.3) is 0 Å². The van der Waals surface area contributed by atoms with Gasteiger partial charge in [0.05, 0.1) is 12.0 Å². The Morgan fingerprint density at radius 1 is 0.774 bits per heavy atom. The van der Waals surface area contributed by atoms with E-state index in [9.17, 15) is 9.59 Å². The largest absolute Gasteiger partial charge is 0.465 e. The van der Waals surface area contributed by atoms with Crippen molar-refractivity contribution in [2.75, 3.05) is 6.61 Å². The fourth-order valence-electron chi connectivity index (χ4n) is 4.10. The van der Waals surface area contributed by atoms with Crippen molar-refractivity contribution in [3.05, 3.63) is 0 Å². The van der Waals surface area contributed by atoms with Gasteiger partial charge >= 0.3 is 11.9 Å². The second-order valence-electron chi connectivity index (χ2n) is 10.1. The molecule has 0 aliphatic heterocycles. The number of esters is 2. The molecule has 0 fully saturated rings. The highest BCUT2D eigenvalue weighted by atomic mass is 16.5. The first-order valence-corrected chi connectivity index (χ1v) is 13.1. The molecule has 0 radical (unpaired) electrons. The van der Waals surface area contributed by atoms with Crippen LogP contribution >= 0.6 is 0 Å². The van der Waals surface area contributed by atoms with Crippen molar-refractivity contribution in [1.82, 2.24) is 0 Å². The van der Waals surface area contributed by atoms with Crippen LogP contribution in [0.5, 0.6) is 0 Å². The van der Waals surface area contributed by atoms with Crippen LogP contribution in [0.3, 0.4) is 0 Å². The van der Waals surface area contributed by atoms with Crippen molar-refractivity contribution in [1.29, 1.82) is 0 Å². The minimum Gasteiger partial charge on any atom is -0.465 e. The quantitative estimate of drug-likeness (QED) is 0.142. The Morgan fingerprint density at radius 3 is 1.97 bits per heavy atom. The first-order chi connectivity index (χ1) is 14.8. The van der Waals surface area contributed by atoms with Crippen LogP contribution in [0.2, 0.25) is 0 Å². The fraction of sp³-hybridized carbons (Fsp3) is 0.926. The lowest BCUT2D eigenvalue weighted by Crippen LogP contribution is -2.30. The molecule has 4 heteroatoms. The van der Waals surface area contributed by atoms with Gasteiger partial charge in [-0.15, -0.1) is 0 Å². The van der Waals surface area contributed by atoms with Gasteiger partial charge in [0.15, 0.2) is 0 Å². The molecular formula is C27H52O4. The Bertz CT molecular complexity index is 458. The summed E-state index contributed by atoms with van der Waals surface area (Å²) < 4.78 is 11.3. The molecule has 0 aliphatic carbocycles. The van der Waals surface area contributed by atoms with E-state index in [4.69, 9.17) is 9.47 Å². The first-order valence-electron chi connectivity index (χ1n) is 13.1. The maximum atomic E-state index is 12.5. The Balaban J connectivity index is 4.31. The van der Waals surface area contributed by atoms with Gasteiger partial charge in [-0.2, -0.15) is 0 Å². The normalized spacial score (nSPS) is 13.6. The molecule has 0 aromatic heterocycles. The van der Waals surface area contributed by atoms with Crippen molar-refractivity contribution in [3.63, 3.8) is 0 Å². The lowest BCUT2D eigenvalue weighted by Gasteiger charge is -2.26. The van der Waals surface area contributed by atoms with Crippen molar-refractivity contribution >= 4 is 11.9 Å². The zero-order valence-electron chi connectivity index (χ0n) is 21.6. The third-order valence-corrected chi connectivity index (χ3v) is 5.96. The van der Waals surface area contributed by atoms with Crippen LogP contribution in [0.1, 0.15) is 138 Å². The number of hydrogen-bond acceptors (Lipinski definition) is 4. The highest BCUT2D eigenvalue weighted by molar-refractivity contribution is 5.76. The Labute approximate surface area is 193 Å². The summed E-state index contributed by atoms with van der Waals surface area (Å²) in [6.07, 6.45) is 15.7. The maximum Gasteiger partial charge on any atom is 0.311 e. The summed E-state index contributed by atoms with van der Waals surface area (Å²) in [6.45, 7) is 12.9. The highest BCUT2D eigenvalue weighted by Crippen LogP contribution is 2.29. The molecule has 0 N–H and O–H groups in total. The van der Waals surface area contributed by atoms with Gasteiger partial charge in [-0.1, -0.05) is 85.5 Å². The zero-order valence-corrected chi connectivity index (χ0v) is 21.6. The average molecular weight is 441 g/mol. The molecule has 0 bridgehead atoms. The summed E-state index contributed by atoms with van der Waals surface area (Å²) in [6, 6.07) is 0. The van der Waals surface area contributed by atoms with Crippen molar-refractivity contribution in [3.8, 4) is 0 Å². The number of hydrogen-bond donors (Lipinski definition) is 0. The summed E-state index contributed by atoms with van der Waals surface area (Å²) in [5.74, 6) is -0.186. The van der Waals surface area contributed by atoms with Gasteiger partial charge in [-0.25, -0.2) is 0 Å². The van der Waals surface area contributed by atoms with Gasteiger partial charge in [-0.3, -0.25) is 9.59 Å². The zero-order chi connectivity index (χ0) is 23.5. The molecule has 0 rings (SSSR count). The number of unbranched alkanes of at least 4 members (excludes halogenated alkanes) is 8. The maximum absolute atomic E-state index is 12.5. The molecule has 184 valence electrons. The third kappa shape index (κ3) is 16.3. The minimum atomic E-state index is -0.579. The van der Waals surface area contributed by atoms with Gasteiger partial charge in [0.1, 0.15) is 6.10 Å². The van der Waals surface area contributed by atoms with Crippen LogP contribution in [-0.2, 0) is 19.1 Å². The van der Waals surface area contributed by atoms with E-state index in [1.54, 1.807) is 0 Å². The highest BCUT2D eigenvalue weighted by Gasteiger charge is 2.32. The number of ether oxygens (including phenoxy) is 2. The molecule has 0 aromatic rings. The van der Waals surface area contributed by atoms with Gasteiger partial charge in [0.25, 0.3) is 0 Å². The van der Waals surface area contributed by atoms with Crippen LogP contribution in [-0.4, -0.2) is 24.6 Å². The van der Waals surface area contributed by atoms with Gasteiger partial charge in [-0.05, 0) is 51.9 Å². The lowest BCUT2D eigenvalue weighted by molar-refractivity contribution is -0.157. The van der Waals surface area contributed by atoms with Gasteiger partial charge < -0.3 is 9.47 Å². The predicted molar refractivity (Wildman–Crippen MR) is 130 cm³/mol. The number of rotatable bonds is 20. The summed E-state index contributed by atoms with van der Waals surface area (Å²) in [5.41, 5.74) is -0.579. The van der Waals surface area contributed by atoms with Crippen molar-refractivity contribution < 1.29 is 19.1 Å². The monoisotopic (exact) mass is 440 g/mol. The van der Waals surface area contributed by atoms with Crippen LogP contribution in [0.15, 0.2) is 0 Å². The number of carbonyl (C=O) groups excluding carboxylic acids is 2. The Kier molecular flexibility index (Phi) is 17.9. The van der Waals surface area contributed by atoms with Crippen molar-refractivity contribution in [2.24, 2.45) is 11.3 Å². The van der Waals surface area contributed by atoms with Gasteiger partial charge in [0.2, 0.25) is 0 Å². The van der Waals surface area contributed by atoms with E-state index in [2.05, 4.69) is 20.8 Å². The lowest BCUT2D eigenvalue weighted by atomic mass is 9.82. The first kappa shape index (κ1) is 29.9. The smallest absolute Gasteiger partial charge is 0.311 e. The van der Waals surface area contributed by atoms with E-state index < -0.39 is 5.41 Å². The molecule has 0 saturated heterocycles. The molecule has 0 spiro atoms. The molecule has 2 atom stereocenters. The van der Waals surface area contributed by atoms with E-state index in [0.29, 0.717) is 19.4 Å². The predicted octanol–water partition coefficient (Wildman–Crippen LogP) is 8.01. The molecule has 31 heavy (non-hydrogen) atoms. The van der Waals surface area contributed by atoms with Crippen LogP contribution in [0.4, 0.5) is 0 Å². The molecule has 2 unspecified atom stereocenters. The van der Waals surface area contributed by atoms with Crippen LogP contribution in [0, 0.1) is 11.3 Å². The second-order valence-corrected chi connectivity index (χ2v) is 10.1. The fourth-order valence-corrected chi connectivity index (χ4v) is 4.10. The average Bonchev–Trinajstić information content (AvgIpc) is 2.70. The number of carbonyl (C=O) groups is 2. The summed E-state index contributed by atoms with van der Waals surface area (Å²) in [5, 5.41) is 0. The van der Waals surface area contributed by atoms with E-state index >= 15 is 0 Å². The molecule has 0 amide bonds. The molecule has 0 heterocycles. The topological polar surface area (TPSA) is 52.6 Å². The molecular weight excluding hydrogens is 388 g/mol. The molecule has 0 aromatic carbocycles. The minimum absolute atomic E-state index is 0.0431. The summed E-state index contributed by atoms with van der Waals surface area (Å²) >= 11 is 0.